The molecule has 2 aliphatic rings. The molecule has 3 unspecified atom stereocenters. The van der Waals surface area contributed by atoms with Crippen molar-refractivity contribution >= 4 is 11.9 Å². The van der Waals surface area contributed by atoms with Crippen LogP contribution in [0.15, 0.2) is 24.3 Å². The molecule has 2 bridgehead atoms. The van der Waals surface area contributed by atoms with E-state index in [-0.39, 0.29) is 25.1 Å². The summed E-state index contributed by atoms with van der Waals surface area (Å²) in [6.07, 6.45) is 6.26. The molecule has 0 spiro atoms. The number of carbonyl (C=O) groups excluding carboxylic acids is 2. The zero-order valence-electron chi connectivity index (χ0n) is 10.6. The number of carbonyl (C=O) groups is 2. The van der Waals surface area contributed by atoms with Gasteiger partial charge in [0.1, 0.15) is 13.2 Å². The molecule has 18 heavy (non-hydrogen) atoms. The summed E-state index contributed by atoms with van der Waals surface area (Å²) in [5.41, 5.74) is 0.347. The molecule has 1 saturated carbocycles. The second-order valence-corrected chi connectivity index (χ2v) is 4.97. The van der Waals surface area contributed by atoms with Gasteiger partial charge in [0.05, 0.1) is 5.92 Å². The fraction of sp³-hybridized carbons (Fsp3) is 0.571. The second-order valence-electron chi connectivity index (χ2n) is 4.97. The van der Waals surface area contributed by atoms with E-state index in [0.717, 1.165) is 12.8 Å². The monoisotopic (exact) mass is 250 g/mol. The van der Waals surface area contributed by atoms with Gasteiger partial charge in [0.25, 0.3) is 0 Å². The van der Waals surface area contributed by atoms with Gasteiger partial charge >= 0.3 is 11.9 Å². The predicted octanol–water partition coefficient (Wildman–Crippen LogP) is 1.86. The largest absolute Gasteiger partial charge is 0.462 e. The van der Waals surface area contributed by atoms with Crippen molar-refractivity contribution in [1.82, 2.24) is 0 Å². The Morgan fingerprint density at radius 1 is 1.22 bits per heavy atom. The van der Waals surface area contributed by atoms with E-state index < -0.39 is 5.97 Å². The molecule has 3 atom stereocenters. The minimum Gasteiger partial charge on any atom is -0.462 e. The Morgan fingerprint density at radius 2 is 1.94 bits per heavy atom. The van der Waals surface area contributed by atoms with E-state index in [0.29, 0.717) is 17.4 Å². The summed E-state index contributed by atoms with van der Waals surface area (Å²) in [4.78, 5) is 22.9. The average molecular weight is 250 g/mol. The van der Waals surface area contributed by atoms with Gasteiger partial charge in [-0.25, -0.2) is 4.79 Å². The van der Waals surface area contributed by atoms with Crippen LogP contribution in [0, 0.1) is 17.8 Å². The molecule has 0 aliphatic heterocycles. The maximum absolute atomic E-state index is 11.8. The van der Waals surface area contributed by atoms with Crippen LogP contribution in [0.2, 0.25) is 0 Å². The zero-order valence-corrected chi connectivity index (χ0v) is 10.6. The Labute approximate surface area is 107 Å². The Kier molecular flexibility index (Phi) is 3.84. The molecular weight excluding hydrogens is 232 g/mol. The third-order valence-corrected chi connectivity index (χ3v) is 3.49. The van der Waals surface area contributed by atoms with Gasteiger partial charge < -0.3 is 9.47 Å². The lowest BCUT2D eigenvalue weighted by Gasteiger charge is -2.16. The Hall–Kier alpha value is -1.58. The molecule has 0 radical (unpaired) electrons. The second kappa shape index (κ2) is 5.38. The van der Waals surface area contributed by atoms with Gasteiger partial charge in [-0.1, -0.05) is 18.7 Å². The molecule has 0 saturated heterocycles. The number of allylic oxidation sites excluding steroid dienone is 2. The fourth-order valence-electron chi connectivity index (χ4n) is 2.56. The number of fused-ring (bicyclic) bond motifs is 2. The highest BCUT2D eigenvalue weighted by atomic mass is 16.6. The van der Waals surface area contributed by atoms with Crippen LogP contribution in [0.25, 0.3) is 0 Å². The Morgan fingerprint density at radius 3 is 2.50 bits per heavy atom. The lowest BCUT2D eigenvalue weighted by Crippen LogP contribution is -2.23. The number of ether oxygens (including phenoxy) is 2. The van der Waals surface area contributed by atoms with Crippen LogP contribution in [0.4, 0.5) is 0 Å². The zero-order chi connectivity index (χ0) is 13.1. The smallest absolute Gasteiger partial charge is 0.333 e. The SMILES string of the molecule is C=C(C)C(=O)OCCOC(=O)C1CC2C=CC1C2. The van der Waals surface area contributed by atoms with Gasteiger partial charge in [0.2, 0.25) is 0 Å². The predicted molar refractivity (Wildman–Crippen MR) is 65.6 cm³/mol. The molecule has 0 heterocycles. The minimum absolute atomic E-state index is 0.00292. The van der Waals surface area contributed by atoms with E-state index in [9.17, 15) is 9.59 Å². The molecule has 0 N–H and O–H groups in total. The van der Waals surface area contributed by atoms with Gasteiger partial charge in [-0.2, -0.15) is 0 Å². The number of hydrogen-bond acceptors (Lipinski definition) is 4. The van der Waals surface area contributed by atoms with Crippen molar-refractivity contribution in [2.24, 2.45) is 17.8 Å². The van der Waals surface area contributed by atoms with Gasteiger partial charge in [0.15, 0.2) is 0 Å². The highest BCUT2D eigenvalue weighted by molar-refractivity contribution is 5.86. The normalized spacial score (nSPS) is 28.2. The van der Waals surface area contributed by atoms with Crippen molar-refractivity contribution in [2.45, 2.75) is 19.8 Å². The number of rotatable bonds is 5. The standard InChI is InChI=1S/C14H18O4/c1-9(2)13(15)17-5-6-18-14(16)12-8-10-3-4-11(12)7-10/h3-4,10-12H,1,5-8H2,2H3. The third-order valence-electron chi connectivity index (χ3n) is 3.49. The van der Waals surface area contributed by atoms with E-state index in [1.807, 2.05) is 0 Å². The molecule has 1 fully saturated rings. The van der Waals surface area contributed by atoms with Crippen molar-refractivity contribution in [3.8, 4) is 0 Å². The molecule has 0 amide bonds. The summed E-state index contributed by atoms with van der Waals surface area (Å²) in [5, 5.41) is 0. The van der Waals surface area contributed by atoms with Crippen molar-refractivity contribution < 1.29 is 19.1 Å². The maximum Gasteiger partial charge on any atom is 0.333 e. The van der Waals surface area contributed by atoms with Gasteiger partial charge in [-0.15, -0.1) is 0 Å². The average Bonchev–Trinajstić information content (AvgIpc) is 2.95. The molecule has 4 heteroatoms. The Balaban J connectivity index is 1.65. The first kappa shape index (κ1) is 12.9. The van der Waals surface area contributed by atoms with E-state index >= 15 is 0 Å². The minimum atomic E-state index is -0.450. The van der Waals surface area contributed by atoms with Crippen molar-refractivity contribution in [3.05, 3.63) is 24.3 Å². The van der Waals surface area contributed by atoms with Crippen LogP contribution in [0.1, 0.15) is 19.8 Å². The summed E-state index contributed by atoms with van der Waals surface area (Å²) in [5.74, 6) is 0.276. The lowest BCUT2D eigenvalue weighted by atomic mass is 9.94. The highest BCUT2D eigenvalue weighted by Gasteiger charge is 2.40. The summed E-state index contributed by atoms with van der Waals surface area (Å²) in [7, 11) is 0. The van der Waals surface area contributed by atoms with Crippen LogP contribution in [0.3, 0.4) is 0 Å². The summed E-state index contributed by atoms with van der Waals surface area (Å²) in [6, 6.07) is 0. The van der Waals surface area contributed by atoms with Crippen molar-refractivity contribution in [1.29, 1.82) is 0 Å². The van der Waals surface area contributed by atoms with E-state index in [1.165, 1.54) is 0 Å². The van der Waals surface area contributed by atoms with Crippen molar-refractivity contribution in [3.63, 3.8) is 0 Å². The maximum atomic E-state index is 11.8. The fourth-order valence-corrected chi connectivity index (χ4v) is 2.56. The van der Waals surface area contributed by atoms with Crippen LogP contribution in [-0.2, 0) is 19.1 Å². The first-order chi connectivity index (χ1) is 8.58. The van der Waals surface area contributed by atoms with Crippen LogP contribution < -0.4 is 0 Å². The molecule has 0 aromatic heterocycles. The topological polar surface area (TPSA) is 52.6 Å². The highest BCUT2D eigenvalue weighted by Crippen LogP contribution is 2.43. The summed E-state index contributed by atoms with van der Waals surface area (Å²) < 4.78 is 9.98. The Bertz CT molecular complexity index is 397. The number of esters is 2. The summed E-state index contributed by atoms with van der Waals surface area (Å²) >= 11 is 0. The molecule has 0 aromatic rings. The number of hydrogen-bond donors (Lipinski definition) is 0. The van der Waals surface area contributed by atoms with E-state index in [1.54, 1.807) is 6.92 Å². The van der Waals surface area contributed by atoms with Gasteiger partial charge in [-0.3, -0.25) is 4.79 Å². The third kappa shape index (κ3) is 2.81. The van der Waals surface area contributed by atoms with Gasteiger partial charge in [0, 0.05) is 5.57 Å². The lowest BCUT2D eigenvalue weighted by molar-refractivity contribution is -0.154. The molecular formula is C14H18O4. The van der Waals surface area contributed by atoms with Crippen LogP contribution >= 0.6 is 0 Å². The molecule has 98 valence electrons. The van der Waals surface area contributed by atoms with Crippen molar-refractivity contribution in [2.75, 3.05) is 13.2 Å². The molecule has 2 rings (SSSR count). The molecule has 4 nitrogen and oxygen atoms in total. The quantitative estimate of drug-likeness (QED) is 0.323. The summed E-state index contributed by atoms with van der Waals surface area (Å²) in [6.45, 7) is 5.26. The van der Waals surface area contributed by atoms with Gasteiger partial charge in [-0.05, 0) is 31.6 Å². The van der Waals surface area contributed by atoms with Crippen LogP contribution in [0.5, 0.6) is 0 Å². The molecule has 2 aliphatic carbocycles. The molecule has 0 aromatic carbocycles. The van der Waals surface area contributed by atoms with E-state index in [4.69, 9.17) is 9.47 Å². The first-order valence-electron chi connectivity index (χ1n) is 6.25. The van der Waals surface area contributed by atoms with E-state index in [2.05, 4.69) is 18.7 Å². The first-order valence-corrected chi connectivity index (χ1v) is 6.25. The van der Waals surface area contributed by atoms with Crippen LogP contribution in [-0.4, -0.2) is 25.2 Å².